The lowest BCUT2D eigenvalue weighted by atomic mass is 9.87. The van der Waals surface area contributed by atoms with Gasteiger partial charge in [0.1, 0.15) is 23.0 Å². The van der Waals surface area contributed by atoms with Crippen molar-refractivity contribution >= 4 is 27.5 Å². The molecular weight excluding hydrogens is 320 g/mol. The van der Waals surface area contributed by atoms with Crippen LogP contribution in [0.25, 0.3) is 27.5 Å². The maximum Gasteiger partial charge on any atom is 0.135 e. The number of fused-ring (bicyclic) bond motifs is 6. The molecule has 6 rings (SSSR count). The molecule has 0 amide bonds. The Morgan fingerprint density at radius 3 is 2.62 bits per heavy atom. The highest BCUT2D eigenvalue weighted by atomic mass is 16.5. The van der Waals surface area contributed by atoms with Gasteiger partial charge in [-0.05, 0) is 41.5 Å². The Balaban J connectivity index is 1.49. The minimum Gasteiger partial charge on any atom is -0.485 e. The summed E-state index contributed by atoms with van der Waals surface area (Å²) < 4.78 is 12.0. The molecule has 1 aliphatic carbocycles. The number of ether oxygens (including phenoxy) is 1. The maximum absolute atomic E-state index is 6.06. The van der Waals surface area contributed by atoms with Gasteiger partial charge in [-0.1, -0.05) is 54.6 Å². The highest BCUT2D eigenvalue weighted by Crippen LogP contribution is 2.43. The van der Waals surface area contributed by atoms with Crippen molar-refractivity contribution in [1.82, 2.24) is 0 Å². The third-order valence-electron chi connectivity index (χ3n) is 5.43. The summed E-state index contributed by atoms with van der Waals surface area (Å²) in [4.78, 5) is 0. The Morgan fingerprint density at radius 2 is 1.62 bits per heavy atom. The summed E-state index contributed by atoms with van der Waals surface area (Å²) in [5.74, 6) is 1.28. The smallest absolute Gasteiger partial charge is 0.135 e. The van der Waals surface area contributed by atoms with Crippen LogP contribution in [0.2, 0.25) is 0 Å². The Bertz CT molecular complexity index is 1230. The predicted molar refractivity (Wildman–Crippen MR) is 104 cm³/mol. The van der Waals surface area contributed by atoms with Gasteiger partial charge in [0.05, 0.1) is 0 Å². The van der Waals surface area contributed by atoms with Crippen LogP contribution in [0, 0.1) is 0 Å². The summed E-state index contributed by atoms with van der Waals surface area (Å²) in [6, 6.07) is 23.0. The minimum atomic E-state index is 0.106. The van der Waals surface area contributed by atoms with Crippen LogP contribution in [0.3, 0.4) is 0 Å². The van der Waals surface area contributed by atoms with Crippen LogP contribution in [-0.4, -0.2) is 6.10 Å². The monoisotopic (exact) mass is 336 g/mol. The molecule has 124 valence electrons. The summed E-state index contributed by atoms with van der Waals surface area (Å²) in [7, 11) is 0. The van der Waals surface area contributed by atoms with E-state index in [1.165, 1.54) is 16.7 Å². The third kappa shape index (κ3) is 1.93. The van der Waals surface area contributed by atoms with Crippen LogP contribution >= 0.6 is 0 Å². The molecule has 4 aromatic rings. The number of furan rings is 1. The number of hydrogen-bond acceptors (Lipinski definition) is 2. The van der Waals surface area contributed by atoms with Crippen LogP contribution in [0.1, 0.15) is 17.0 Å². The minimum absolute atomic E-state index is 0.106. The Morgan fingerprint density at radius 1 is 0.769 bits per heavy atom. The predicted octanol–water partition coefficient (Wildman–Crippen LogP) is 6.08. The molecule has 1 aliphatic heterocycles. The van der Waals surface area contributed by atoms with Crippen molar-refractivity contribution in [2.24, 2.45) is 0 Å². The number of hydrogen-bond donors (Lipinski definition) is 0. The highest BCUT2D eigenvalue weighted by molar-refractivity contribution is 6.06. The van der Waals surface area contributed by atoms with Crippen LogP contribution in [0.4, 0.5) is 0 Å². The van der Waals surface area contributed by atoms with Crippen molar-refractivity contribution in [2.75, 3.05) is 0 Å². The third-order valence-corrected chi connectivity index (χ3v) is 5.43. The zero-order chi connectivity index (χ0) is 17.1. The molecule has 0 saturated carbocycles. The van der Waals surface area contributed by atoms with Gasteiger partial charge in [-0.2, -0.15) is 0 Å². The average Bonchev–Trinajstić information content (AvgIpc) is 3.25. The lowest BCUT2D eigenvalue weighted by molar-refractivity contribution is 0.269. The fourth-order valence-electron chi connectivity index (χ4n) is 4.15. The largest absolute Gasteiger partial charge is 0.485 e. The van der Waals surface area contributed by atoms with Crippen molar-refractivity contribution in [2.45, 2.75) is 12.0 Å². The summed E-state index contributed by atoms with van der Waals surface area (Å²) >= 11 is 0. The van der Waals surface area contributed by atoms with Crippen molar-refractivity contribution < 1.29 is 9.15 Å². The molecule has 3 aromatic carbocycles. The summed E-state index contributed by atoms with van der Waals surface area (Å²) in [6.45, 7) is 0. The van der Waals surface area contributed by atoms with E-state index in [2.05, 4.69) is 66.8 Å². The second kappa shape index (κ2) is 5.12. The first-order valence-corrected chi connectivity index (χ1v) is 8.94. The van der Waals surface area contributed by atoms with E-state index in [0.717, 1.165) is 27.7 Å². The van der Waals surface area contributed by atoms with Crippen molar-refractivity contribution in [3.63, 3.8) is 0 Å². The quantitative estimate of drug-likeness (QED) is 0.420. The maximum atomic E-state index is 6.06. The van der Waals surface area contributed by atoms with E-state index in [9.17, 15) is 0 Å². The lowest BCUT2D eigenvalue weighted by Gasteiger charge is -2.18. The van der Waals surface area contributed by atoms with Gasteiger partial charge >= 0.3 is 0 Å². The SMILES string of the molecule is C1=CC2Oc3ccccc3C2C=C1c1ccc2oc3ccccc3c2c1. The summed E-state index contributed by atoms with van der Waals surface area (Å²) in [6.07, 6.45) is 6.79. The van der Waals surface area contributed by atoms with Gasteiger partial charge in [-0.3, -0.25) is 0 Å². The molecule has 2 nitrogen and oxygen atoms in total. The van der Waals surface area contributed by atoms with E-state index in [-0.39, 0.29) is 12.0 Å². The Kier molecular flexibility index (Phi) is 2.75. The van der Waals surface area contributed by atoms with E-state index in [0.29, 0.717) is 0 Å². The van der Waals surface area contributed by atoms with E-state index < -0.39 is 0 Å². The van der Waals surface area contributed by atoms with Gasteiger partial charge in [-0.15, -0.1) is 0 Å². The number of rotatable bonds is 1. The number of allylic oxidation sites excluding steroid dienone is 2. The Hall–Kier alpha value is -3.26. The standard InChI is InChI=1S/C24H16O2/c1-3-7-21-17(5-1)19-13-15(9-11-23(19)25-21)16-10-12-24-20(14-16)18-6-2-4-8-22(18)26-24/h1-14,19,23H. The van der Waals surface area contributed by atoms with E-state index in [1.807, 2.05) is 18.2 Å². The van der Waals surface area contributed by atoms with Crippen LogP contribution < -0.4 is 4.74 Å². The fraction of sp³-hybridized carbons (Fsp3) is 0.0833. The molecule has 0 saturated heterocycles. The zero-order valence-corrected chi connectivity index (χ0v) is 14.1. The molecule has 2 heterocycles. The first-order chi connectivity index (χ1) is 12.9. The molecule has 26 heavy (non-hydrogen) atoms. The van der Waals surface area contributed by atoms with E-state index in [4.69, 9.17) is 9.15 Å². The first kappa shape index (κ1) is 14.0. The van der Waals surface area contributed by atoms with Crippen LogP contribution in [-0.2, 0) is 0 Å². The molecule has 0 bridgehead atoms. The van der Waals surface area contributed by atoms with Gasteiger partial charge in [0.15, 0.2) is 0 Å². The second-order valence-corrected chi connectivity index (χ2v) is 6.94. The highest BCUT2D eigenvalue weighted by Gasteiger charge is 2.33. The molecule has 2 heteroatoms. The van der Waals surface area contributed by atoms with Crippen LogP contribution in [0.5, 0.6) is 5.75 Å². The normalized spacial score (nSPS) is 20.7. The van der Waals surface area contributed by atoms with Crippen LogP contribution in [0.15, 0.2) is 89.4 Å². The Labute approximate surface area is 151 Å². The van der Waals surface area contributed by atoms with Crippen molar-refractivity contribution in [3.05, 3.63) is 96.1 Å². The van der Waals surface area contributed by atoms with E-state index >= 15 is 0 Å². The van der Waals surface area contributed by atoms with Gasteiger partial charge in [0, 0.05) is 22.3 Å². The topological polar surface area (TPSA) is 22.4 Å². The molecular formula is C24H16O2. The van der Waals surface area contributed by atoms with Crippen molar-refractivity contribution in [3.8, 4) is 5.75 Å². The second-order valence-electron chi connectivity index (χ2n) is 6.94. The zero-order valence-electron chi connectivity index (χ0n) is 14.1. The van der Waals surface area contributed by atoms with Gasteiger partial charge in [0.2, 0.25) is 0 Å². The molecule has 2 atom stereocenters. The molecule has 1 aromatic heterocycles. The average molecular weight is 336 g/mol. The fourth-order valence-corrected chi connectivity index (χ4v) is 4.15. The van der Waals surface area contributed by atoms with Crippen molar-refractivity contribution in [1.29, 1.82) is 0 Å². The van der Waals surface area contributed by atoms with Gasteiger partial charge < -0.3 is 9.15 Å². The molecule has 2 unspecified atom stereocenters. The number of para-hydroxylation sites is 2. The number of benzene rings is 3. The first-order valence-electron chi connectivity index (χ1n) is 8.94. The molecule has 2 aliphatic rings. The molecule has 0 fully saturated rings. The summed E-state index contributed by atoms with van der Waals surface area (Å²) in [5.41, 5.74) is 5.59. The van der Waals surface area contributed by atoms with Gasteiger partial charge in [-0.25, -0.2) is 0 Å². The molecule has 0 spiro atoms. The van der Waals surface area contributed by atoms with E-state index in [1.54, 1.807) is 0 Å². The van der Waals surface area contributed by atoms with Gasteiger partial charge in [0.25, 0.3) is 0 Å². The molecule has 0 radical (unpaired) electrons. The summed E-state index contributed by atoms with van der Waals surface area (Å²) in [5, 5.41) is 2.33. The lowest BCUT2D eigenvalue weighted by Crippen LogP contribution is -2.16. The molecule has 0 N–H and O–H groups in total.